The van der Waals surface area contributed by atoms with Crippen molar-refractivity contribution in [1.29, 1.82) is 0 Å². The number of sulfonamides is 1. The van der Waals surface area contributed by atoms with Crippen molar-refractivity contribution >= 4 is 57.5 Å². The molecule has 0 unspecified atom stereocenters. The molecule has 0 spiro atoms. The van der Waals surface area contributed by atoms with Gasteiger partial charge in [0.2, 0.25) is 10.0 Å². The number of hydrogen-bond donors (Lipinski definition) is 2. The topological polar surface area (TPSA) is 266 Å². The zero-order valence-electron chi connectivity index (χ0n) is 31.0. The van der Waals surface area contributed by atoms with E-state index in [1.165, 1.54) is 13.0 Å². The first kappa shape index (κ1) is 45.4. The molecule has 0 aliphatic carbocycles. The van der Waals surface area contributed by atoms with E-state index in [9.17, 15) is 42.0 Å². The number of rotatable bonds is 21. The molecule has 302 valence electrons. The van der Waals surface area contributed by atoms with Crippen molar-refractivity contribution in [2.24, 2.45) is 5.14 Å². The molecule has 0 saturated heterocycles. The van der Waals surface area contributed by atoms with Crippen LogP contribution in [0.25, 0.3) is 0 Å². The van der Waals surface area contributed by atoms with Crippen molar-refractivity contribution in [1.82, 2.24) is 0 Å². The van der Waals surface area contributed by atoms with Crippen LogP contribution >= 0.6 is 0 Å². The summed E-state index contributed by atoms with van der Waals surface area (Å²) in [6.45, 7) is 6.53. The Hall–Kier alpha value is -5.76. The van der Waals surface area contributed by atoms with Crippen LogP contribution in [0.5, 0.6) is 11.5 Å². The molecule has 0 heterocycles. The highest BCUT2D eigenvalue weighted by atomic mass is 32.2. The van der Waals surface area contributed by atoms with Gasteiger partial charge >= 0.3 is 41.8 Å². The van der Waals surface area contributed by atoms with Gasteiger partial charge in [-0.25, -0.2) is 47.1 Å². The average molecular weight is 797 g/mol. The lowest BCUT2D eigenvalue weighted by atomic mass is 10.1. The minimum atomic E-state index is -4.46. The third kappa shape index (κ3) is 15.3. The molecule has 0 aliphatic rings. The molecule has 0 fully saturated rings. The highest BCUT2D eigenvalue weighted by molar-refractivity contribution is 7.89. The summed E-state index contributed by atoms with van der Waals surface area (Å²) in [5.74, 6) is -7.69. The van der Waals surface area contributed by atoms with E-state index in [-0.39, 0.29) is 23.6 Å². The number of carbonyl (C=O) groups excluding carboxylic acids is 7. The number of unbranched alkanes of at least 4 members (excludes halogenated alkanes) is 1. The Morgan fingerprint density at radius 2 is 1.22 bits per heavy atom. The van der Waals surface area contributed by atoms with Gasteiger partial charge in [0.1, 0.15) is 10.6 Å². The zero-order valence-corrected chi connectivity index (χ0v) is 31.8. The summed E-state index contributed by atoms with van der Waals surface area (Å²) in [7, 11) is -4.46. The molecular weight excluding hydrogens is 752 g/mol. The van der Waals surface area contributed by atoms with E-state index >= 15 is 0 Å². The molecule has 19 nitrogen and oxygen atoms in total. The van der Waals surface area contributed by atoms with Crippen molar-refractivity contribution < 1.29 is 79.9 Å². The zero-order chi connectivity index (χ0) is 41.3. The molecule has 3 N–H and O–H groups in total. The second kappa shape index (κ2) is 21.8. The van der Waals surface area contributed by atoms with Crippen LogP contribution in [-0.4, -0.2) is 101 Å². The fourth-order valence-electron chi connectivity index (χ4n) is 4.06. The molecule has 2 aromatic carbocycles. The molecule has 20 heteroatoms. The van der Waals surface area contributed by atoms with Gasteiger partial charge in [0.05, 0.1) is 17.9 Å². The SMILES string of the molecule is CCCCNc1cc(C(=O)OCC(=O)OCC(=O)O[C@@H](C)C(=O)O[C@@H](C)C(=O)O[C@@H](C)C(=O)O[C@@H](C)C(=O)OCC)cc(S(N)(=O)=O)c1Oc1ccccc1. The van der Waals surface area contributed by atoms with Crippen molar-refractivity contribution in [3.8, 4) is 11.5 Å². The number of esters is 7. The quantitative estimate of drug-likeness (QED) is 0.104. The maximum Gasteiger partial charge on any atom is 0.347 e. The fraction of sp³-hybridized carbons (Fsp3) is 0.457. The van der Waals surface area contributed by atoms with Crippen LogP contribution in [0.3, 0.4) is 0 Å². The lowest BCUT2D eigenvalue weighted by Crippen LogP contribution is -2.37. The Balaban J connectivity index is 1.93. The van der Waals surface area contributed by atoms with E-state index in [1.807, 2.05) is 6.92 Å². The largest absolute Gasteiger partial charge is 0.463 e. The number of benzene rings is 2. The van der Waals surface area contributed by atoms with Crippen molar-refractivity contribution in [3.63, 3.8) is 0 Å². The standard InChI is InChI=1S/C35H44N2O17S/c1-7-9-15-37-26-16-24(17-27(55(36,45)46)30(26)54-25-13-11-10-12-14-25)35(44)49-18-28(38)48-19-29(39)50-21(4)32(41)52-23(6)34(43)53-22(5)33(42)51-20(3)31(40)47-8-2/h10-14,16-17,20-23,37H,7-9,15,18-19H2,1-6H3,(H2,36,45,46)/t20-,21-,22-,23-/m0/s1. The van der Waals surface area contributed by atoms with Crippen LogP contribution in [0.4, 0.5) is 5.69 Å². The van der Waals surface area contributed by atoms with Gasteiger partial charge in [-0.3, -0.25) is 0 Å². The molecule has 0 aromatic heterocycles. The molecule has 0 saturated carbocycles. The Bertz CT molecular complexity index is 1800. The summed E-state index contributed by atoms with van der Waals surface area (Å²) in [6, 6.07) is 10.4. The Morgan fingerprint density at radius 3 is 1.75 bits per heavy atom. The Labute approximate surface area is 317 Å². The third-order valence-corrected chi connectivity index (χ3v) is 7.80. The van der Waals surface area contributed by atoms with E-state index in [0.29, 0.717) is 18.7 Å². The Morgan fingerprint density at radius 1 is 0.691 bits per heavy atom. The summed E-state index contributed by atoms with van der Waals surface area (Å²) < 4.78 is 64.9. The summed E-state index contributed by atoms with van der Waals surface area (Å²) >= 11 is 0. The van der Waals surface area contributed by atoms with Crippen LogP contribution in [0.2, 0.25) is 0 Å². The fourth-order valence-corrected chi connectivity index (χ4v) is 4.76. The van der Waals surface area contributed by atoms with Gasteiger partial charge in [-0.2, -0.15) is 0 Å². The maximum absolute atomic E-state index is 12.9. The molecule has 4 atom stereocenters. The lowest BCUT2D eigenvalue weighted by molar-refractivity contribution is -0.185. The van der Waals surface area contributed by atoms with Crippen molar-refractivity contribution in [2.45, 2.75) is 83.7 Å². The molecule has 55 heavy (non-hydrogen) atoms. The number of primary sulfonamides is 1. The van der Waals surface area contributed by atoms with Crippen LogP contribution in [0.15, 0.2) is 47.4 Å². The lowest BCUT2D eigenvalue weighted by Gasteiger charge is -2.19. The molecule has 2 rings (SSSR count). The van der Waals surface area contributed by atoms with Crippen LogP contribution in [-0.2, 0) is 71.9 Å². The Kier molecular flexibility index (Phi) is 18.0. The van der Waals surface area contributed by atoms with Gasteiger partial charge in [-0.05, 0) is 65.3 Å². The van der Waals surface area contributed by atoms with Crippen molar-refractivity contribution in [2.75, 3.05) is 31.7 Å². The van der Waals surface area contributed by atoms with E-state index in [4.69, 9.17) is 43.0 Å². The van der Waals surface area contributed by atoms with E-state index in [1.54, 1.807) is 37.3 Å². The molecular formula is C35H44N2O17S. The highest BCUT2D eigenvalue weighted by Crippen LogP contribution is 2.37. The van der Waals surface area contributed by atoms with Crippen LogP contribution in [0, 0.1) is 0 Å². The number of hydrogen-bond acceptors (Lipinski definition) is 18. The van der Waals surface area contributed by atoms with Gasteiger partial charge in [-0.15, -0.1) is 0 Å². The van der Waals surface area contributed by atoms with Crippen LogP contribution < -0.4 is 15.2 Å². The smallest absolute Gasteiger partial charge is 0.347 e. The van der Waals surface area contributed by atoms with Crippen LogP contribution in [0.1, 0.15) is 64.7 Å². The van der Waals surface area contributed by atoms with Crippen molar-refractivity contribution in [3.05, 3.63) is 48.0 Å². The predicted molar refractivity (Wildman–Crippen MR) is 188 cm³/mol. The monoisotopic (exact) mass is 796 g/mol. The first-order chi connectivity index (χ1) is 25.9. The normalized spacial score (nSPS) is 13.1. The number of anilines is 1. The number of para-hydroxylation sites is 1. The van der Waals surface area contributed by atoms with Gasteiger partial charge in [0.15, 0.2) is 43.4 Å². The number of ether oxygens (including phenoxy) is 8. The van der Waals surface area contributed by atoms with Gasteiger partial charge in [0.25, 0.3) is 0 Å². The third-order valence-electron chi connectivity index (χ3n) is 6.88. The van der Waals surface area contributed by atoms with Gasteiger partial charge in [0, 0.05) is 6.54 Å². The number of carbonyl (C=O) groups is 7. The highest BCUT2D eigenvalue weighted by Gasteiger charge is 2.31. The summed E-state index contributed by atoms with van der Waals surface area (Å²) in [4.78, 5) is 85.2. The number of nitrogens with two attached hydrogens (primary N) is 1. The second-order valence-electron chi connectivity index (χ2n) is 11.4. The van der Waals surface area contributed by atoms with E-state index in [2.05, 4.69) is 5.32 Å². The van der Waals surface area contributed by atoms with Gasteiger partial charge < -0.3 is 43.2 Å². The first-order valence-electron chi connectivity index (χ1n) is 16.9. The average Bonchev–Trinajstić information content (AvgIpc) is 3.13. The minimum Gasteiger partial charge on any atom is -0.463 e. The summed E-state index contributed by atoms with van der Waals surface area (Å²) in [6.07, 6.45) is -4.45. The molecule has 0 bridgehead atoms. The molecule has 2 aromatic rings. The second-order valence-corrected chi connectivity index (χ2v) is 13.0. The first-order valence-corrected chi connectivity index (χ1v) is 18.4. The van der Waals surface area contributed by atoms with E-state index in [0.717, 1.165) is 33.3 Å². The van der Waals surface area contributed by atoms with Gasteiger partial charge in [-0.1, -0.05) is 31.5 Å². The molecule has 0 aliphatic heterocycles. The maximum atomic E-state index is 12.9. The van der Waals surface area contributed by atoms with E-state index < -0.39 is 94.3 Å². The molecule has 0 amide bonds. The predicted octanol–water partition coefficient (Wildman–Crippen LogP) is 2.33. The summed E-state index contributed by atoms with van der Waals surface area (Å²) in [5, 5.41) is 8.48. The minimum absolute atomic E-state index is 0.0569. The number of nitrogens with one attached hydrogen (secondary N) is 1. The summed E-state index contributed by atoms with van der Waals surface area (Å²) in [5.41, 5.74) is -0.198. The molecule has 0 radical (unpaired) electrons.